The normalized spacial score (nSPS) is 16.6. The summed E-state index contributed by atoms with van der Waals surface area (Å²) in [6.07, 6.45) is 3.84. The van der Waals surface area contributed by atoms with Crippen LogP contribution in [0, 0.1) is 6.92 Å². The van der Waals surface area contributed by atoms with Crippen LogP contribution in [0.15, 0.2) is 30.3 Å². The van der Waals surface area contributed by atoms with Crippen LogP contribution in [-0.2, 0) is 9.53 Å². The fourth-order valence-electron chi connectivity index (χ4n) is 5.91. The first-order valence-electron chi connectivity index (χ1n) is 14.8. The topological polar surface area (TPSA) is 78.5 Å². The van der Waals surface area contributed by atoms with Crippen LogP contribution in [0.3, 0.4) is 0 Å². The second-order valence-corrected chi connectivity index (χ2v) is 13.1. The van der Waals surface area contributed by atoms with Crippen LogP contribution in [0.25, 0.3) is 22.2 Å². The molecule has 1 N–H and O–H groups in total. The van der Waals surface area contributed by atoms with Crippen molar-refractivity contribution < 1.29 is 14.3 Å². The molecule has 3 aromatic rings. The number of hydrogen-bond acceptors (Lipinski definition) is 4. The van der Waals surface area contributed by atoms with Gasteiger partial charge in [0.25, 0.3) is 0 Å². The number of likely N-dealkylation sites (N-methyl/N-ethyl adjacent to an activating group) is 1. The summed E-state index contributed by atoms with van der Waals surface area (Å²) < 4.78 is 5.39. The number of carbonyl (C=O) groups excluding carboxylic acids is 2. The number of H-pyrrole nitrogens is 1. The highest BCUT2D eigenvalue weighted by atomic mass is 16.6. The van der Waals surface area contributed by atoms with Gasteiger partial charge in [0.05, 0.1) is 5.69 Å². The second kappa shape index (κ2) is 10.9. The van der Waals surface area contributed by atoms with E-state index in [2.05, 4.69) is 56.1 Å². The van der Waals surface area contributed by atoms with Crippen LogP contribution in [-0.4, -0.2) is 64.1 Å². The maximum atomic E-state index is 12.9. The van der Waals surface area contributed by atoms with Crippen LogP contribution in [0.5, 0.6) is 0 Å². The molecule has 2 amide bonds. The van der Waals surface area contributed by atoms with Crippen molar-refractivity contribution in [3.8, 4) is 11.3 Å². The van der Waals surface area contributed by atoms with Crippen LogP contribution in [0.1, 0.15) is 101 Å². The summed E-state index contributed by atoms with van der Waals surface area (Å²) in [4.78, 5) is 37.0. The molecule has 0 bridgehead atoms. The van der Waals surface area contributed by atoms with E-state index in [1.807, 2.05) is 25.7 Å². The molecule has 3 heterocycles. The van der Waals surface area contributed by atoms with Crippen molar-refractivity contribution in [3.05, 3.63) is 52.8 Å². The molecule has 7 nitrogen and oxygen atoms in total. The Labute approximate surface area is 238 Å². The number of likely N-dealkylation sites (tertiary alicyclic amines) is 1. The van der Waals surface area contributed by atoms with Crippen molar-refractivity contribution in [2.75, 3.05) is 26.7 Å². The van der Waals surface area contributed by atoms with Crippen molar-refractivity contribution in [3.63, 3.8) is 0 Å². The number of nitrogens with zero attached hydrogens (tertiary/aromatic N) is 3. The zero-order valence-electron chi connectivity index (χ0n) is 25.1. The number of piperidine rings is 1. The van der Waals surface area contributed by atoms with E-state index in [1.165, 1.54) is 56.7 Å². The van der Waals surface area contributed by atoms with Gasteiger partial charge in [0.15, 0.2) is 0 Å². The smallest absolute Gasteiger partial charge is 0.410 e. The van der Waals surface area contributed by atoms with E-state index < -0.39 is 11.7 Å². The number of amides is 2. The van der Waals surface area contributed by atoms with Gasteiger partial charge in [-0.05, 0) is 101 Å². The minimum atomic E-state index is -0.583. The van der Waals surface area contributed by atoms with Gasteiger partial charge in [0, 0.05) is 53.9 Å². The number of aromatic amines is 1. The summed E-state index contributed by atoms with van der Waals surface area (Å²) in [5, 5.41) is 1.29. The van der Waals surface area contributed by atoms with Gasteiger partial charge < -0.3 is 19.5 Å². The van der Waals surface area contributed by atoms with Crippen molar-refractivity contribution >= 4 is 22.9 Å². The largest absolute Gasteiger partial charge is 0.444 e. The molecule has 1 saturated heterocycles. The first kappa shape index (κ1) is 28.2. The van der Waals surface area contributed by atoms with Gasteiger partial charge in [-0.1, -0.05) is 19.9 Å². The summed E-state index contributed by atoms with van der Waals surface area (Å²) in [7, 11) is 1.62. The van der Waals surface area contributed by atoms with E-state index in [4.69, 9.17) is 9.72 Å². The lowest BCUT2D eigenvalue weighted by atomic mass is 9.87. The fraction of sp³-hybridized carbons (Fsp3) is 0.545. The Bertz CT molecular complexity index is 1410. The molecule has 1 aromatic carbocycles. The monoisotopic (exact) mass is 544 g/mol. The van der Waals surface area contributed by atoms with Crippen LogP contribution < -0.4 is 0 Å². The van der Waals surface area contributed by atoms with Crippen LogP contribution in [0.2, 0.25) is 0 Å². The molecule has 0 spiro atoms. The average molecular weight is 545 g/mol. The molecule has 1 aliphatic carbocycles. The van der Waals surface area contributed by atoms with E-state index in [-0.39, 0.29) is 12.5 Å². The molecule has 0 atom stereocenters. The Morgan fingerprint density at radius 1 is 1.07 bits per heavy atom. The maximum absolute atomic E-state index is 12.9. The second-order valence-electron chi connectivity index (χ2n) is 13.1. The number of ether oxygens (including phenoxy) is 1. The SMILES string of the molecule is Cc1cc(-c2[nH]c3ccc(C4CCN(C(=O)CN(C)C(=O)OC(C)(C)C)CC4)cc3c2C(C)C)cc(C2CC2)n1. The molecule has 7 heteroatoms. The van der Waals surface area contributed by atoms with Crippen molar-refractivity contribution in [2.45, 2.75) is 90.6 Å². The summed E-state index contributed by atoms with van der Waals surface area (Å²) in [5.74, 6) is 1.36. The van der Waals surface area contributed by atoms with Gasteiger partial charge in [-0.25, -0.2) is 4.79 Å². The number of hydrogen-bond donors (Lipinski definition) is 1. The van der Waals surface area contributed by atoms with Gasteiger partial charge in [-0.15, -0.1) is 0 Å². The van der Waals surface area contributed by atoms with Gasteiger partial charge >= 0.3 is 6.09 Å². The number of aromatic nitrogens is 2. The Balaban J connectivity index is 1.31. The molecule has 2 aliphatic rings. The van der Waals surface area contributed by atoms with Gasteiger partial charge in [-0.2, -0.15) is 0 Å². The Kier molecular flexibility index (Phi) is 7.68. The van der Waals surface area contributed by atoms with Crippen molar-refractivity contribution in [1.29, 1.82) is 0 Å². The number of rotatable bonds is 6. The molecular weight excluding hydrogens is 500 g/mol. The van der Waals surface area contributed by atoms with E-state index in [1.54, 1.807) is 7.05 Å². The predicted molar refractivity (Wildman–Crippen MR) is 160 cm³/mol. The van der Waals surface area contributed by atoms with Crippen LogP contribution >= 0.6 is 0 Å². The molecule has 2 aromatic heterocycles. The molecule has 0 unspecified atom stereocenters. The molecule has 0 radical (unpaired) electrons. The quantitative estimate of drug-likeness (QED) is 0.359. The number of fused-ring (bicyclic) bond motifs is 1. The number of pyridine rings is 1. The molecular formula is C33H44N4O3. The summed E-state index contributed by atoms with van der Waals surface area (Å²) in [6, 6.07) is 11.3. The van der Waals surface area contributed by atoms with E-state index in [9.17, 15) is 9.59 Å². The summed E-state index contributed by atoms with van der Waals surface area (Å²) in [6.45, 7) is 13.5. The molecule has 1 aliphatic heterocycles. The van der Waals surface area contributed by atoms with Gasteiger partial charge in [0.2, 0.25) is 5.91 Å². The molecule has 40 heavy (non-hydrogen) atoms. The van der Waals surface area contributed by atoms with E-state index in [0.717, 1.165) is 18.5 Å². The number of aryl methyl sites for hydroxylation is 1. The first-order valence-corrected chi connectivity index (χ1v) is 14.8. The summed E-state index contributed by atoms with van der Waals surface area (Å²) >= 11 is 0. The lowest BCUT2D eigenvalue weighted by Gasteiger charge is -2.33. The highest BCUT2D eigenvalue weighted by Crippen LogP contribution is 2.42. The Morgan fingerprint density at radius 2 is 1.77 bits per heavy atom. The highest BCUT2D eigenvalue weighted by Gasteiger charge is 2.29. The summed E-state index contributed by atoms with van der Waals surface area (Å²) in [5.41, 5.74) is 8.03. The zero-order chi connectivity index (χ0) is 28.8. The molecule has 214 valence electrons. The Hall–Kier alpha value is -3.35. The number of nitrogens with one attached hydrogen (secondary N) is 1. The molecule has 5 rings (SSSR count). The van der Waals surface area contributed by atoms with Crippen molar-refractivity contribution in [1.82, 2.24) is 19.8 Å². The standard InChI is InChI=1S/C33H44N4O3/c1-20(2)30-26-17-24(10-11-27(26)35-31(30)25-16-21(3)34-28(18-25)23-8-9-23)22-12-14-37(15-13-22)29(38)19-36(7)32(39)40-33(4,5)6/h10-11,16-18,20,22-23,35H,8-9,12-15,19H2,1-7H3. The number of benzene rings is 1. The first-order chi connectivity index (χ1) is 18.9. The predicted octanol–water partition coefficient (Wildman–Crippen LogP) is 7.11. The average Bonchev–Trinajstić information content (AvgIpc) is 3.66. The third kappa shape index (κ3) is 6.18. The van der Waals surface area contributed by atoms with E-state index in [0.29, 0.717) is 30.8 Å². The van der Waals surface area contributed by atoms with Gasteiger partial charge in [0.1, 0.15) is 12.1 Å². The molecule has 2 fully saturated rings. The Morgan fingerprint density at radius 3 is 2.40 bits per heavy atom. The van der Waals surface area contributed by atoms with Crippen LogP contribution in [0.4, 0.5) is 4.79 Å². The van der Waals surface area contributed by atoms with Gasteiger partial charge in [-0.3, -0.25) is 9.78 Å². The highest BCUT2D eigenvalue weighted by molar-refractivity contribution is 5.92. The lowest BCUT2D eigenvalue weighted by molar-refractivity contribution is -0.133. The van der Waals surface area contributed by atoms with E-state index >= 15 is 0 Å². The maximum Gasteiger partial charge on any atom is 0.410 e. The van der Waals surface area contributed by atoms with Crippen molar-refractivity contribution in [2.24, 2.45) is 0 Å². The minimum Gasteiger partial charge on any atom is -0.444 e. The molecule has 1 saturated carbocycles. The fourth-order valence-corrected chi connectivity index (χ4v) is 5.91. The minimum absolute atomic E-state index is 0.0298. The third-order valence-corrected chi connectivity index (χ3v) is 8.09. The lowest BCUT2D eigenvalue weighted by Crippen LogP contribution is -2.45. The zero-order valence-corrected chi connectivity index (χ0v) is 25.1. The third-order valence-electron chi connectivity index (χ3n) is 8.09. The number of carbonyl (C=O) groups is 2.